The van der Waals surface area contributed by atoms with Crippen LogP contribution in [0.25, 0.3) is 5.69 Å². The topological polar surface area (TPSA) is 34.9 Å². The molecule has 0 bridgehead atoms. The van der Waals surface area contributed by atoms with Crippen LogP contribution in [0.1, 0.15) is 5.56 Å². The Morgan fingerprint density at radius 1 is 1.35 bits per heavy atom. The van der Waals surface area contributed by atoms with E-state index in [-0.39, 0.29) is 5.56 Å². The second kappa shape index (κ2) is 4.94. The van der Waals surface area contributed by atoms with Crippen molar-refractivity contribution in [2.75, 3.05) is 6.26 Å². The number of aromatic nitrogens is 2. The maximum atomic E-state index is 11.9. The van der Waals surface area contributed by atoms with Gasteiger partial charge in [0, 0.05) is 17.3 Å². The molecule has 17 heavy (non-hydrogen) atoms. The van der Waals surface area contributed by atoms with Crippen molar-refractivity contribution < 1.29 is 0 Å². The van der Waals surface area contributed by atoms with Gasteiger partial charge in [0.1, 0.15) is 0 Å². The zero-order valence-corrected chi connectivity index (χ0v) is 11.0. The van der Waals surface area contributed by atoms with Crippen molar-refractivity contribution in [3.63, 3.8) is 0 Å². The summed E-state index contributed by atoms with van der Waals surface area (Å²) < 4.78 is 1.58. The van der Waals surface area contributed by atoms with E-state index in [1.165, 1.54) is 24.0 Å². The number of benzene rings is 1. The first-order valence-electron chi connectivity index (χ1n) is 5.02. The van der Waals surface area contributed by atoms with E-state index in [0.717, 1.165) is 11.3 Å². The van der Waals surface area contributed by atoms with Crippen LogP contribution in [0, 0.1) is 6.92 Å². The minimum absolute atomic E-state index is 0.102. The van der Waals surface area contributed by atoms with Crippen molar-refractivity contribution in [2.45, 2.75) is 12.1 Å². The fourth-order valence-electron chi connectivity index (χ4n) is 1.58. The molecule has 5 heteroatoms. The quantitative estimate of drug-likeness (QED) is 0.619. The minimum Gasteiger partial charge on any atom is -0.269 e. The first-order valence-corrected chi connectivity index (χ1v) is 6.62. The molecule has 0 saturated carbocycles. The van der Waals surface area contributed by atoms with Crippen molar-refractivity contribution in [1.82, 2.24) is 9.55 Å². The van der Waals surface area contributed by atoms with E-state index < -0.39 is 0 Å². The van der Waals surface area contributed by atoms with E-state index >= 15 is 0 Å². The van der Waals surface area contributed by atoms with E-state index in [4.69, 9.17) is 11.6 Å². The molecule has 2 aromatic rings. The highest BCUT2D eigenvalue weighted by Crippen LogP contribution is 2.21. The molecule has 0 radical (unpaired) electrons. The first-order chi connectivity index (χ1) is 8.13. The smallest absolute Gasteiger partial charge is 0.258 e. The predicted molar refractivity (Wildman–Crippen MR) is 71.4 cm³/mol. The van der Waals surface area contributed by atoms with Gasteiger partial charge in [0.15, 0.2) is 5.16 Å². The summed E-state index contributed by atoms with van der Waals surface area (Å²) in [5, 5.41) is 1.26. The normalized spacial score (nSPS) is 10.5. The molecule has 1 aromatic heterocycles. The van der Waals surface area contributed by atoms with Gasteiger partial charge in [0.05, 0.1) is 5.69 Å². The minimum atomic E-state index is -0.102. The summed E-state index contributed by atoms with van der Waals surface area (Å²) in [5.74, 6) is 0. The third kappa shape index (κ3) is 2.37. The summed E-state index contributed by atoms with van der Waals surface area (Å²) >= 11 is 7.40. The number of aryl methyl sites for hydroxylation is 1. The Labute approximate surface area is 108 Å². The molecule has 0 atom stereocenters. The number of rotatable bonds is 2. The van der Waals surface area contributed by atoms with Gasteiger partial charge in [-0.25, -0.2) is 4.98 Å². The Hall–Kier alpha value is -1.26. The average molecular weight is 267 g/mol. The predicted octanol–water partition coefficient (Wildman–Crippen LogP) is 2.92. The fraction of sp³-hybridized carbons (Fsp3) is 0.167. The fourth-order valence-corrected chi connectivity index (χ4v) is 2.28. The molecular weight excluding hydrogens is 256 g/mol. The Balaban J connectivity index is 2.76. The monoisotopic (exact) mass is 266 g/mol. The maximum Gasteiger partial charge on any atom is 0.258 e. The van der Waals surface area contributed by atoms with Crippen molar-refractivity contribution in [3.05, 3.63) is 51.4 Å². The van der Waals surface area contributed by atoms with Gasteiger partial charge in [-0.1, -0.05) is 29.4 Å². The third-order valence-corrected chi connectivity index (χ3v) is 3.30. The van der Waals surface area contributed by atoms with Crippen molar-refractivity contribution in [3.8, 4) is 5.69 Å². The average Bonchev–Trinajstić information content (AvgIpc) is 2.32. The van der Waals surface area contributed by atoms with Crippen molar-refractivity contribution in [2.24, 2.45) is 0 Å². The van der Waals surface area contributed by atoms with E-state index in [0.29, 0.717) is 10.2 Å². The number of hydrogen-bond acceptors (Lipinski definition) is 3. The van der Waals surface area contributed by atoms with Crippen LogP contribution in [-0.2, 0) is 0 Å². The van der Waals surface area contributed by atoms with Gasteiger partial charge in [-0.3, -0.25) is 9.36 Å². The summed E-state index contributed by atoms with van der Waals surface area (Å²) in [6, 6.07) is 6.92. The molecule has 0 aliphatic heterocycles. The summed E-state index contributed by atoms with van der Waals surface area (Å²) in [7, 11) is 0. The molecule has 0 fully saturated rings. The lowest BCUT2D eigenvalue weighted by Gasteiger charge is -2.12. The lowest BCUT2D eigenvalue weighted by Crippen LogP contribution is -2.20. The molecular formula is C12H11ClN2OS. The van der Waals surface area contributed by atoms with E-state index in [9.17, 15) is 4.79 Å². The molecule has 0 aliphatic carbocycles. The Kier molecular flexibility index (Phi) is 3.54. The Bertz CT molecular complexity index is 610. The van der Waals surface area contributed by atoms with Crippen molar-refractivity contribution in [1.29, 1.82) is 0 Å². The lowest BCUT2D eigenvalue weighted by atomic mass is 10.2. The molecule has 0 saturated heterocycles. The molecule has 1 heterocycles. The van der Waals surface area contributed by atoms with Crippen molar-refractivity contribution >= 4 is 23.4 Å². The highest BCUT2D eigenvalue weighted by Gasteiger charge is 2.09. The van der Waals surface area contributed by atoms with Crippen LogP contribution < -0.4 is 5.56 Å². The molecule has 0 amide bonds. The van der Waals surface area contributed by atoms with Gasteiger partial charge in [0.25, 0.3) is 5.56 Å². The molecule has 3 nitrogen and oxygen atoms in total. The molecule has 2 rings (SSSR count). The molecule has 1 aromatic carbocycles. The van der Waals surface area contributed by atoms with Gasteiger partial charge < -0.3 is 0 Å². The third-order valence-electron chi connectivity index (χ3n) is 2.41. The summed E-state index contributed by atoms with van der Waals surface area (Å²) in [4.78, 5) is 16.1. The van der Waals surface area contributed by atoms with Crippen LogP contribution in [0.15, 0.2) is 40.4 Å². The maximum absolute atomic E-state index is 11.9. The summed E-state index contributed by atoms with van der Waals surface area (Å²) in [5.41, 5.74) is 1.66. The number of thioether (sulfide) groups is 1. The van der Waals surface area contributed by atoms with Gasteiger partial charge in [-0.2, -0.15) is 0 Å². The van der Waals surface area contributed by atoms with Crippen LogP contribution in [0.4, 0.5) is 0 Å². The Morgan fingerprint density at radius 2 is 2.12 bits per heavy atom. The molecule has 0 N–H and O–H groups in total. The van der Waals surface area contributed by atoms with Crippen LogP contribution >= 0.6 is 23.4 Å². The standard InChI is InChI=1S/C12H11ClN2OS/c1-8-3-4-9(13)7-10(8)15-11(16)5-6-14-12(15)17-2/h3-7H,1-2H3. The van der Waals surface area contributed by atoms with E-state index in [2.05, 4.69) is 4.98 Å². The number of nitrogens with zero attached hydrogens (tertiary/aromatic N) is 2. The van der Waals surface area contributed by atoms with Gasteiger partial charge in [-0.15, -0.1) is 0 Å². The first kappa shape index (κ1) is 12.2. The molecule has 0 aliphatic rings. The highest BCUT2D eigenvalue weighted by atomic mass is 35.5. The largest absolute Gasteiger partial charge is 0.269 e. The highest BCUT2D eigenvalue weighted by molar-refractivity contribution is 7.98. The van der Waals surface area contributed by atoms with E-state index in [1.54, 1.807) is 16.7 Å². The van der Waals surface area contributed by atoms with Gasteiger partial charge >= 0.3 is 0 Å². The zero-order valence-electron chi connectivity index (χ0n) is 9.48. The summed E-state index contributed by atoms with van der Waals surface area (Å²) in [6.45, 7) is 1.94. The van der Waals surface area contributed by atoms with Gasteiger partial charge in [-0.05, 0) is 30.9 Å². The molecule has 0 spiro atoms. The van der Waals surface area contributed by atoms with Crippen LogP contribution in [0.5, 0.6) is 0 Å². The number of hydrogen-bond donors (Lipinski definition) is 0. The van der Waals surface area contributed by atoms with Crippen LogP contribution in [0.2, 0.25) is 5.02 Å². The zero-order chi connectivity index (χ0) is 12.4. The van der Waals surface area contributed by atoms with Crippen LogP contribution in [-0.4, -0.2) is 15.8 Å². The summed E-state index contributed by atoms with van der Waals surface area (Å²) in [6.07, 6.45) is 3.41. The SMILES string of the molecule is CSc1nccc(=O)n1-c1cc(Cl)ccc1C. The molecule has 88 valence electrons. The number of halogens is 1. The Morgan fingerprint density at radius 3 is 2.82 bits per heavy atom. The lowest BCUT2D eigenvalue weighted by molar-refractivity contribution is 0.793. The van der Waals surface area contributed by atoms with Gasteiger partial charge in [0.2, 0.25) is 0 Å². The molecule has 0 unspecified atom stereocenters. The van der Waals surface area contributed by atoms with E-state index in [1.807, 2.05) is 19.2 Å². The second-order valence-corrected chi connectivity index (χ2v) is 4.75. The van der Waals surface area contributed by atoms with Crippen LogP contribution in [0.3, 0.4) is 0 Å². The second-order valence-electron chi connectivity index (χ2n) is 3.54.